The highest BCUT2D eigenvalue weighted by Gasteiger charge is 2.32. The van der Waals surface area contributed by atoms with Gasteiger partial charge in [-0.3, -0.25) is 4.57 Å². The molecule has 130 valence electrons. The maximum absolute atomic E-state index is 13.0. The van der Waals surface area contributed by atoms with Crippen LogP contribution in [0.4, 0.5) is 13.2 Å². The SMILES string of the molecule is Cc1nccn1-c1ccc(CNCc2ccccc2C(F)(F)F)cn1. The van der Waals surface area contributed by atoms with Crippen molar-refractivity contribution in [2.24, 2.45) is 0 Å². The highest BCUT2D eigenvalue weighted by atomic mass is 19.4. The number of hydrogen-bond donors (Lipinski definition) is 1. The molecule has 0 aliphatic carbocycles. The Balaban J connectivity index is 1.63. The number of pyridine rings is 1. The molecule has 0 unspecified atom stereocenters. The van der Waals surface area contributed by atoms with E-state index in [0.717, 1.165) is 23.3 Å². The third-order valence-electron chi connectivity index (χ3n) is 3.85. The Morgan fingerprint density at radius 1 is 1.04 bits per heavy atom. The Hall–Kier alpha value is -2.67. The largest absolute Gasteiger partial charge is 0.416 e. The van der Waals surface area contributed by atoms with Crippen molar-refractivity contribution in [3.8, 4) is 5.82 Å². The van der Waals surface area contributed by atoms with Gasteiger partial charge >= 0.3 is 6.18 Å². The molecule has 0 saturated carbocycles. The number of hydrogen-bond acceptors (Lipinski definition) is 3. The van der Waals surface area contributed by atoms with E-state index in [-0.39, 0.29) is 12.1 Å². The van der Waals surface area contributed by atoms with E-state index in [1.807, 2.05) is 29.8 Å². The Labute approximate surface area is 143 Å². The average molecular weight is 346 g/mol. The second-order valence-corrected chi connectivity index (χ2v) is 5.63. The molecular formula is C18H17F3N4. The zero-order valence-corrected chi connectivity index (χ0v) is 13.6. The molecule has 0 spiro atoms. The van der Waals surface area contributed by atoms with Gasteiger partial charge in [0.1, 0.15) is 11.6 Å². The van der Waals surface area contributed by atoms with Gasteiger partial charge in [0.15, 0.2) is 0 Å². The van der Waals surface area contributed by atoms with Crippen LogP contribution in [0.5, 0.6) is 0 Å². The summed E-state index contributed by atoms with van der Waals surface area (Å²) in [4.78, 5) is 8.51. The summed E-state index contributed by atoms with van der Waals surface area (Å²) in [6, 6.07) is 9.34. The lowest BCUT2D eigenvalue weighted by Gasteiger charge is -2.13. The first-order valence-corrected chi connectivity index (χ1v) is 7.76. The number of aromatic nitrogens is 3. The van der Waals surface area contributed by atoms with Gasteiger partial charge in [-0.05, 0) is 30.2 Å². The Morgan fingerprint density at radius 3 is 2.48 bits per heavy atom. The van der Waals surface area contributed by atoms with Gasteiger partial charge in [-0.2, -0.15) is 13.2 Å². The van der Waals surface area contributed by atoms with E-state index in [0.29, 0.717) is 6.54 Å². The van der Waals surface area contributed by atoms with Crippen LogP contribution < -0.4 is 5.32 Å². The first kappa shape index (κ1) is 17.2. The Morgan fingerprint density at radius 2 is 1.84 bits per heavy atom. The molecule has 0 bridgehead atoms. The van der Waals surface area contributed by atoms with Gasteiger partial charge in [0.05, 0.1) is 5.56 Å². The topological polar surface area (TPSA) is 42.7 Å². The number of nitrogens with one attached hydrogen (secondary N) is 1. The Bertz CT molecular complexity index is 838. The minimum absolute atomic E-state index is 0.137. The molecule has 0 fully saturated rings. The van der Waals surface area contributed by atoms with Crippen LogP contribution >= 0.6 is 0 Å². The molecule has 7 heteroatoms. The fraction of sp³-hybridized carbons (Fsp3) is 0.222. The molecule has 0 aliphatic heterocycles. The van der Waals surface area contributed by atoms with Crippen molar-refractivity contribution in [2.45, 2.75) is 26.2 Å². The summed E-state index contributed by atoms with van der Waals surface area (Å²) in [7, 11) is 0. The van der Waals surface area contributed by atoms with Crippen LogP contribution in [0.2, 0.25) is 0 Å². The van der Waals surface area contributed by atoms with Crippen molar-refractivity contribution in [1.82, 2.24) is 19.9 Å². The predicted octanol–water partition coefficient (Wildman–Crippen LogP) is 3.88. The van der Waals surface area contributed by atoms with E-state index >= 15 is 0 Å². The molecule has 3 aromatic rings. The molecule has 0 saturated heterocycles. The van der Waals surface area contributed by atoms with E-state index in [9.17, 15) is 13.2 Å². The smallest absolute Gasteiger partial charge is 0.309 e. The van der Waals surface area contributed by atoms with Gasteiger partial charge < -0.3 is 5.32 Å². The molecule has 25 heavy (non-hydrogen) atoms. The van der Waals surface area contributed by atoms with E-state index in [2.05, 4.69) is 15.3 Å². The average Bonchev–Trinajstić information content (AvgIpc) is 3.01. The fourth-order valence-electron chi connectivity index (χ4n) is 2.58. The summed E-state index contributed by atoms with van der Waals surface area (Å²) < 4.78 is 40.8. The van der Waals surface area contributed by atoms with Crippen molar-refractivity contribution >= 4 is 0 Å². The highest BCUT2D eigenvalue weighted by molar-refractivity contribution is 5.30. The molecule has 4 nitrogen and oxygen atoms in total. The molecule has 0 atom stereocenters. The second kappa shape index (κ2) is 7.06. The molecule has 0 aliphatic rings. The van der Waals surface area contributed by atoms with Crippen LogP contribution in [-0.4, -0.2) is 14.5 Å². The van der Waals surface area contributed by atoms with Crippen LogP contribution in [-0.2, 0) is 19.3 Å². The Kier molecular flexibility index (Phi) is 4.85. The third-order valence-corrected chi connectivity index (χ3v) is 3.85. The maximum Gasteiger partial charge on any atom is 0.416 e. The number of halogens is 3. The second-order valence-electron chi connectivity index (χ2n) is 5.63. The summed E-state index contributed by atoms with van der Waals surface area (Å²) in [6.45, 7) is 2.45. The number of rotatable bonds is 5. The summed E-state index contributed by atoms with van der Waals surface area (Å²) in [6.07, 6.45) is 0.885. The van der Waals surface area contributed by atoms with Gasteiger partial charge in [0.2, 0.25) is 0 Å². The van der Waals surface area contributed by atoms with E-state index in [4.69, 9.17) is 0 Å². The van der Waals surface area contributed by atoms with Gasteiger partial charge in [0, 0.05) is 31.7 Å². The fourth-order valence-corrected chi connectivity index (χ4v) is 2.58. The number of alkyl halides is 3. The van der Waals surface area contributed by atoms with Crippen LogP contribution in [0.3, 0.4) is 0 Å². The molecular weight excluding hydrogens is 329 g/mol. The van der Waals surface area contributed by atoms with Gasteiger partial charge in [-0.25, -0.2) is 9.97 Å². The monoisotopic (exact) mass is 346 g/mol. The van der Waals surface area contributed by atoms with E-state index in [1.54, 1.807) is 18.5 Å². The molecule has 3 rings (SSSR count). The lowest BCUT2D eigenvalue weighted by Crippen LogP contribution is -2.17. The third kappa shape index (κ3) is 4.06. The zero-order valence-electron chi connectivity index (χ0n) is 13.6. The molecule has 0 radical (unpaired) electrons. The van der Waals surface area contributed by atoms with E-state index in [1.165, 1.54) is 12.1 Å². The maximum atomic E-state index is 13.0. The minimum atomic E-state index is -4.34. The van der Waals surface area contributed by atoms with Crippen LogP contribution in [0.1, 0.15) is 22.5 Å². The van der Waals surface area contributed by atoms with Gasteiger partial charge in [0.25, 0.3) is 0 Å². The molecule has 2 heterocycles. The van der Waals surface area contributed by atoms with Crippen LogP contribution in [0, 0.1) is 6.92 Å². The lowest BCUT2D eigenvalue weighted by atomic mass is 10.1. The van der Waals surface area contributed by atoms with E-state index < -0.39 is 11.7 Å². The van der Waals surface area contributed by atoms with Crippen molar-refractivity contribution in [2.75, 3.05) is 0 Å². The normalized spacial score (nSPS) is 11.7. The number of imidazole rings is 1. The molecule has 2 aromatic heterocycles. The number of benzene rings is 1. The first-order chi connectivity index (χ1) is 11.9. The van der Waals surface area contributed by atoms with Crippen molar-refractivity contribution in [3.63, 3.8) is 0 Å². The standard InChI is InChI=1S/C18H17F3N4/c1-13-23-8-9-25(13)17-7-6-14(11-24-17)10-22-12-15-4-2-3-5-16(15)18(19,20)21/h2-9,11,22H,10,12H2,1H3. The van der Waals surface area contributed by atoms with Crippen molar-refractivity contribution in [1.29, 1.82) is 0 Å². The molecule has 1 aromatic carbocycles. The minimum Gasteiger partial charge on any atom is -0.309 e. The van der Waals surface area contributed by atoms with Crippen LogP contribution in [0.25, 0.3) is 5.82 Å². The van der Waals surface area contributed by atoms with Crippen molar-refractivity contribution < 1.29 is 13.2 Å². The van der Waals surface area contributed by atoms with Crippen LogP contribution in [0.15, 0.2) is 55.0 Å². The van der Waals surface area contributed by atoms with Gasteiger partial charge in [-0.15, -0.1) is 0 Å². The summed E-state index contributed by atoms with van der Waals surface area (Å²) >= 11 is 0. The summed E-state index contributed by atoms with van der Waals surface area (Å²) in [5.74, 6) is 1.59. The zero-order chi connectivity index (χ0) is 17.9. The number of aryl methyl sites for hydroxylation is 1. The first-order valence-electron chi connectivity index (χ1n) is 7.76. The number of nitrogens with zero attached hydrogens (tertiary/aromatic N) is 3. The summed E-state index contributed by atoms with van der Waals surface area (Å²) in [5, 5.41) is 3.04. The molecule has 1 N–H and O–H groups in total. The van der Waals surface area contributed by atoms with Crippen molar-refractivity contribution in [3.05, 3.63) is 77.5 Å². The lowest BCUT2D eigenvalue weighted by molar-refractivity contribution is -0.138. The summed E-state index contributed by atoms with van der Waals surface area (Å²) in [5.41, 5.74) is 0.520. The van der Waals surface area contributed by atoms with Gasteiger partial charge in [-0.1, -0.05) is 24.3 Å². The molecule has 0 amide bonds. The highest BCUT2D eigenvalue weighted by Crippen LogP contribution is 2.31. The predicted molar refractivity (Wildman–Crippen MR) is 88.1 cm³/mol. The quantitative estimate of drug-likeness (QED) is 0.762.